The average Bonchev–Trinajstić information content (AvgIpc) is 2.71. The number of esters is 1. The van der Waals surface area contributed by atoms with Crippen LogP contribution in [0.2, 0.25) is 0 Å². The van der Waals surface area contributed by atoms with E-state index < -0.39 is 0 Å². The number of rotatable bonds is 10. The Morgan fingerprint density at radius 1 is 1.11 bits per heavy atom. The zero-order valence-corrected chi connectivity index (χ0v) is 17.4. The minimum absolute atomic E-state index is 0.230. The number of carbonyl (C=O) groups excluding carboxylic acids is 1. The number of carbonyl (C=O) groups is 1. The Bertz CT molecular complexity index is 585. The molecular formula is C23H36N2O2. The van der Waals surface area contributed by atoms with Gasteiger partial charge in [-0.2, -0.15) is 0 Å². The number of hydrogen-bond donors (Lipinski definition) is 0. The highest BCUT2D eigenvalue weighted by Gasteiger charge is 2.09. The number of piperidine rings is 1. The van der Waals surface area contributed by atoms with Gasteiger partial charge in [0.2, 0.25) is 0 Å². The molecule has 1 aliphatic rings. The van der Waals surface area contributed by atoms with Crippen molar-refractivity contribution in [2.24, 2.45) is 0 Å². The molecule has 1 aromatic carbocycles. The highest BCUT2D eigenvalue weighted by Crippen LogP contribution is 2.12. The highest BCUT2D eigenvalue weighted by molar-refractivity contribution is 5.89. The lowest BCUT2D eigenvalue weighted by Crippen LogP contribution is -2.29. The lowest BCUT2D eigenvalue weighted by molar-refractivity contribution is 0.0466. The zero-order chi connectivity index (χ0) is 19.5. The quantitative estimate of drug-likeness (QED) is 0.456. The molecule has 0 radical (unpaired) electrons. The van der Waals surface area contributed by atoms with Crippen molar-refractivity contribution in [3.05, 3.63) is 47.0 Å². The molecule has 1 saturated heterocycles. The van der Waals surface area contributed by atoms with Crippen LogP contribution in [0.5, 0.6) is 0 Å². The summed E-state index contributed by atoms with van der Waals surface area (Å²) in [6.07, 6.45) is 7.33. The van der Waals surface area contributed by atoms with E-state index in [0.29, 0.717) is 12.2 Å². The molecule has 1 aromatic rings. The van der Waals surface area contributed by atoms with Crippen molar-refractivity contribution in [2.45, 2.75) is 46.5 Å². The van der Waals surface area contributed by atoms with Crippen LogP contribution in [0.4, 0.5) is 0 Å². The molecule has 27 heavy (non-hydrogen) atoms. The normalized spacial score (nSPS) is 15.9. The predicted octanol–water partition coefficient (Wildman–Crippen LogP) is 4.16. The molecule has 4 nitrogen and oxygen atoms in total. The molecule has 0 saturated carbocycles. The fourth-order valence-corrected chi connectivity index (χ4v) is 3.47. The Hall–Kier alpha value is -1.65. The van der Waals surface area contributed by atoms with Gasteiger partial charge >= 0.3 is 5.97 Å². The van der Waals surface area contributed by atoms with Crippen LogP contribution >= 0.6 is 0 Å². The van der Waals surface area contributed by atoms with Gasteiger partial charge in [0.15, 0.2) is 0 Å². The summed E-state index contributed by atoms with van der Waals surface area (Å²) < 4.78 is 5.39. The molecule has 1 aliphatic heterocycles. The van der Waals surface area contributed by atoms with Crippen molar-refractivity contribution >= 4 is 5.97 Å². The smallest absolute Gasteiger partial charge is 0.338 e. The molecule has 0 atom stereocenters. The van der Waals surface area contributed by atoms with E-state index in [1.165, 1.54) is 43.5 Å². The van der Waals surface area contributed by atoms with Gasteiger partial charge in [-0.25, -0.2) is 4.79 Å². The summed E-state index contributed by atoms with van der Waals surface area (Å²) in [5.41, 5.74) is 3.26. The van der Waals surface area contributed by atoms with Crippen molar-refractivity contribution in [3.63, 3.8) is 0 Å². The molecule has 2 rings (SSSR count). The SMILES string of the molecule is CCN(CC)CCOC(=O)c1ccc(C/C(C)=C/CN2CCCCC2)cc1. The zero-order valence-electron chi connectivity index (χ0n) is 17.4. The van der Waals surface area contributed by atoms with Crippen LogP contribution in [0, 0.1) is 0 Å². The molecule has 0 bridgehead atoms. The van der Waals surface area contributed by atoms with Gasteiger partial charge in [-0.3, -0.25) is 4.90 Å². The first-order chi connectivity index (χ1) is 13.1. The Morgan fingerprint density at radius 2 is 1.78 bits per heavy atom. The van der Waals surface area contributed by atoms with Gasteiger partial charge in [0.1, 0.15) is 6.61 Å². The lowest BCUT2D eigenvalue weighted by Gasteiger charge is -2.25. The second kappa shape index (κ2) is 11.9. The first kappa shape index (κ1) is 21.6. The summed E-state index contributed by atoms with van der Waals surface area (Å²) in [5.74, 6) is -0.230. The van der Waals surface area contributed by atoms with Crippen molar-refractivity contribution in [2.75, 3.05) is 45.9 Å². The number of benzene rings is 1. The van der Waals surface area contributed by atoms with Crippen LogP contribution < -0.4 is 0 Å². The van der Waals surface area contributed by atoms with E-state index in [1.807, 2.05) is 24.3 Å². The van der Waals surface area contributed by atoms with Crippen LogP contribution in [0.25, 0.3) is 0 Å². The summed E-state index contributed by atoms with van der Waals surface area (Å²) in [6.45, 7) is 13.1. The molecule has 4 heteroatoms. The Morgan fingerprint density at radius 3 is 2.41 bits per heavy atom. The van der Waals surface area contributed by atoms with Crippen LogP contribution in [0.1, 0.15) is 56.0 Å². The van der Waals surface area contributed by atoms with E-state index >= 15 is 0 Å². The largest absolute Gasteiger partial charge is 0.461 e. The number of allylic oxidation sites excluding steroid dienone is 1. The number of likely N-dealkylation sites (tertiary alicyclic amines) is 1. The summed E-state index contributed by atoms with van der Waals surface area (Å²) in [4.78, 5) is 16.9. The lowest BCUT2D eigenvalue weighted by atomic mass is 10.0. The minimum Gasteiger partial charge on any atom is -0.461 e. The molecule has 1 heterocycles. The van der Waals surface area contributed by atoms with Crippen LogP contribution in [-0.2, 0) is 11.2 Å². The van der Waals surface area contributed by atoms with E-state index in [9.17, 15) is 4.79 Å². The molecule has 150 valence electrons. The van der Waals surface area contributed by atoms with Gasteiger partial charge in [0.25, 0.3) is 0 Å². The number of nitrogens with zero attached hydrogens (tertiary/aromatic N) is 2. The summed E-state index contributed by atoms with van der Waals surface area (Å²) in [5, 5.41) is 0. The minimum atomic E-state index is -0.230. The number of likely N-dealkylation sites (N-methyl/N-ethyl adjacent to an activating group) is 1. The second-order valence-electron chi connectivity index (χ2n) is 7.45. The maximum Gasteiger partial charge on any atom is 0.338 e. The summed E-state index contributed by atoms with van der Waals surface area (Å²) in [6, 6.07) is 7.85. The first-order valence-electron chi connectivity index (χ1n) is 10.5. The number of hydrogen-bond acceptors (Lipinski definition) is 4. The van der Waals surface area contributed by atoms with Crippen molar-refractivity contribution in [1.82, 2.24) is 9.80 Å². The maximum absolute atomic E-state index is 12.2. The maximum atomic E-state index is 12.2. The molecule has 0 aliphatic carbocycles. The van der Waals surface area contributed by atoms with Crippen LogP contribution in [0.3, 0.4) is 0 Å². The van der Waals surface area contributed by atoms with Gasteiger partial charge in [0, 0.05) is 13.1 Å². The third kappa shape index (κ3) is 7.86. The van der Waals surface area contributed by atoms with Crippen LogP contribution in [0.15, 0.2) is 35.9 Å². The standard InChI is InChI=1S/C23H36N2O2/c1-4-24(5-2)17-18-27-23(26)22-11-9-21(10-12-22)19-20(3)13-16-25-14-7-6-8-15-25/h9-13H,4-8,14-19H2,1-3H3/b20-13+. The molecule has 0 spiro atoms. The van der Waals surface area contributed by atoms with Gasteiger partial charge in [-0.15, -0.1) is 0 Å². The van der Waals surface area contributed by atoms with E-state index in [2.05, 4.69) is 36.6 Å². The van der Waals surface area contributed by atoms with Crippen molar-refractivity contribution in [3.8, 4) is 0 Å². The molecule has 0 N–H and O–H groups in total. The van der Waals surface area contributed by atoms with Crippen LogP contribution in [-0.4, -0.2) is 61.6 Å². The van der Waals surface area contributed by atoms with E-state index in [1.54, 1.807) is 0 Å². The third-order valence-corrected chi connectivity index (χ3v) is 5.35. The van der Waals surface area contributed by atoms with Gasteiger partial charge in [0.05, 0.1) is 5.56 Å². The monoisotopic (exact) mass is 372 g/mol. The number of ether oxygens (including phenoxy) is 1. The van der Waals surface area contributed by atoms with E-state index in [0.717, 1.165) is 32.6 Å². The van der Waals surface area contributed by atoms with Crippen molar-refractivity contribution in [1.29, 1.82) is 0 Å². The van der Waals surface area contributed by atoms with Gasteiger partial charge in [-0.05, 0) is 70.1 Å². The van der Waals surface area contributed by atoms with Crippen molar-refractivity contribution < 1.29 is 9.53 Å². The molecule has 0 amide bonds. The summed E-state index contributed by atoms with van der Waals surface area (Å²) >= 11 is 0. The average molecular weight is 373 g/mol. The van der Waals surface area contributed by atoms with Gasteiger partial charge in [-0.1, -0.05) is 44.1 Å². The topological polar surface area (TPSA) is 32.8 Å². The fraction of sp³-hybridized carbons (Fsp3) is 0.609. The second-order valence-corrected chi connectivity index (χ2v) is 7.45. The third-order valence-electron chi connectivity index (χ3n) is 5.35. The molecule has 0 aromatic heterocycles. The predicted molar refractivity (Wildman–Crippen MR) is 112 cm³/mol. The highest BCUT2D eigenvalue weighted by atomic mass is 16.5. The van der Waals surface area contributed by atoms with E-state index in [-0.39, 0.29) is 5.97 Å². The first-order valence-corrected chi connectivity index (χ1v) is 10.5. The molecular weight excluding hydrogens is 336 g/mol. The fourth-order valence-electron chi connectivity index (χ4n) is 3.47. The summed E-state index contributed by atoms with van der Waals surface area (Å²) in [7, 11) is 0. The Balaban J connectivity index is 1.77. The Kier molecular flexibility index (Phi) is 9.57. The molecule has 1 fully saturated rings. The Labute approximate surface area is 165 Å². The molecule has 0 unspecified atom stereocenters. The van der Waals surface area contributed by atoms with Gasteiger partial charge < -0.3 is 9.64 Å². The van der Waals surface area contributed by atoms with E-state index in [4.69, 9.17) is 4.74 Å².